The lowest BCUT2D eigenvalue weighted by Crippen LogP contribution is -2.45. The molecule has 6 aliphatic rings. The number of esters is 1. The summed E-state index contributed by atoms with van der Waals surface area (Å²) in [6.07, 6.45) is 13.5. The van der Waals surface area contributed by atoms with Crippen molar-refractivity contribution in [1.29, 1.82) is 0 Å². The van der Waals surface area contributed by atoms with E-state index in [0.717, 1.165) is 54.8 Å². The predicted molar refractivity (Wildman–Crippen MR) is 101 cm³/mol. The van der Waals surface area contributed by atoms with Crippen molar-refractivity contribution in [2.45, 2.75) is 71.3 Å². The monoisotopic (exact) mass is 354 g/mol. The summed E-state index contributed by atoms with van der Waals surface area (Å²) in [6, 6.07) is 0. The Morgan fingerprint density at radius 2 is 1.85 bits per heavy atom. The maximum absolute atomic E-state index is 13.4. The number of carbonyl (C=O) groups excluding carboxylic acids is 1. The molecule has 0 radical (unpaired) electrons. The molecule has 0 heterocycles. The zero-order chi connectivity index (χ0) is 17.8. The first-order valence-corrected chi connectivity index (χ1v) is 11.4. The molecule has 10 atom stereocenters. The molecule has 6 aliphatic carbocycles. The van der Waals surface area contributed by atoms with Gasteiger partial charge in [0, 0.05) is 5.92 Å². The van der Waals surface area contributed by atoms with E-state index in [4.69, 9.17) is 4.74 Å². The summed E-state index contributed by atoms with van der Waals surface area (Å²) in [5.41, 5.74) is 0.199. The van der Waals surface area contributed by atoms with E-state index in [0.29, 0.717) is 17.3 Å². The molecule has 0 spiro atoms. The molecule has 142 valence electrons. The molecule has 0 N–H and O–H groups in total. The van der Waals surface area contributed by atoms with Crippen molar-refractivity contribution in [3.63, 3.8) is 0 Å². The Balaban J connectivity index is 1.23. The Kier molecular flexibility index (Phi) is 3.10. The number of ether oxygens (including phenoxy) is 1. The average molecular weight is 355 g/mol. The fraction of sp³-hybridized carbons (Fsp3) is 0.875. The Morgan fingerprint density at radius 3 is 2.50 bits per heavy atom. The number of rotatable bonds is 3. The number of hydrogen-bond donors (Lipinski definition) is 0. The third-order valence-electron chi connectivity index (χ3n) is 10.5. The lowest BCUT2D eigenvalue weighted by atomic mass is 9.69. The highest BCUT2D eigenvalue weighted by molar-refractivity contribution is 5.74. The highest BCUT2D eigenvalue weighted by atomic mass is 16.6. The molecule has 0 aliphatic heterocycles. The quantitative estimate of drug-likeness (QED) is 0.394. The van der Waals surface area contributed by atoms with Crippen LogP contribution in [0.5, 0.6) is 0 Å². The molecule has 0 aromatic heterocycles. The first-order valence-electron chi connectivity index (χ1n) is 11.4. The standard InChI is InChI=1S/C24H34O2/c1-4-24(12-16-7-8-19(24)23(16,2)3)26-22(25)18-11-15-10-17(18)21-14-6-5-13(9-14)20(15)21/h5-6,13-21H,4,7-12H2,1-3H3. The van der Waals surface area contributed by atoms with Gasteiger partial charge in [0.15, 0.2) is 0 Å². The number of hydrogen-bond acceptors (Lipinski definition) is 2. The Hall–Kier alpha value is -0.790. The summed E-state index contributed by atoms with van der Waals surface area (Å²) in [7, 11) is 0. The second kappa shape index (κ2) is 4.97. The molecule has 0 aromatic carbocycles. The van der Waals surface area contributed by atoms with Crippen LogP contribution in [0.1, 0.15) is 65.7 Å². The minimum absolute atomic E-state index is 0.153. The highest BCUT2D eigenvalue weighted by Crippen LogP contribution is 2.68. The van der Waals surface area contributed by atoms with Crippen LogP contribution in [0.2, 0.25) is 0 Å². The van der Waals surface area contributed by atoms with Crippen LogP contribution in [0.25, 0.3) is 0 Å². The first kappa shape index (κ1) is 16.2. The summed E-state index contributed by atoms with van der Waals surface area (Å²) in [6.45, 7) is 7.09. The Bertz CT molecular complexity index is 678. The van der Waals surface area contributed by atoms with E-state index < -0.39 is 0 Å². The van der Waals surface area contributed by atoms with Crippen LogP contribution < -0.4 is 0 Å². The fourth-order valence-electron chi connectivity index (χ4n) is 9.40. The van der Waals surface area contributed by atoms with Gasteiger partial charge in [-0.1, -0.05) is 32.9 Å². The maximum atomic E-state index is 13.4. The van der Waals surface area contributed by atoms with E-state index in [-0.39, 0.29) is 17.5 Å². The lowest BCUT2D eigenvalue weighted by molar-refractivity contribution is -0.176. The van der Waals surface area contributed by atoms with E-state index >= 15 is 0 Å². The third-order valence-corrected chi connectivity index (χ3v) is 10.5. The van der Waals surface area contributed by atoms with Gasteiger partial charge in [0.05, 0.1) is 5.92 Å². The molecule has 0 aromatic rings. The van der Waals surface area contributed by atoms with Crippen molar-refractivity contribution >= 4 is 5.97 Å². The molecular weight excluding hydrogens is 320 g/mol. The van der Waals surface area contributed by atoms with Crippen LogP contribution in [-0.2, 0) is 9.53 Å². The normalized spacial score (nSPS) is 57.1. The summed E-state index contributed by atoms with van der Waals surface area (Å²) in [4.78, 5) is 13.4. The minimum Gasteiger partial charge on any atom is -0.459 e. The van der Waals surface area contributed by atoms with Crippen LogP contribution in [0.4, 0.5) is 0 Å². The fourth-order valence-corrected chi connectivity index (χ4v) is 9.40. The first-order chi connectivity index (χ1) is 12.4. The van der Waals surface area contributed by atoms with E-state index in [9.17, 15) is 4.79 Å². The molecule has 0 saturated heterocycles. The summed E-state index contributed by atoms with van der Waals surface area (Å²) < 4.78 is 6.53. The van der Waals surface area contributed by atoms with E-state index in [1.165, 1.54) is 25.7 Å². The number of allylic oxidation sites excluding steroid dienone is 2. The summed E-state index contributed by atoms with van der Waals surface area (Å²) in [5, 5.41) is 0. The Labute approximate surface area is 158 Å². The van der Waals surface area contributed by atoms with Crippen LogP contribution in [0.15, 0.2) is 12.2 Å². The van der Waals surface area contributed by atoms with Crippen LogP contribution >= 0.6 is 0 Å². The summed E-state index contributed by atoms with van der Waals surface area (Å²) >= 11 is 0. The highest BCUT2D eigenvalue weighted by Gasteiger charge is 2.65. The van der Waals surface area contributed by atoms with E-state index in [2.05, 4.69) is 32.9 Å². The minimum atomic E-state index is -0.153. The van der Waals surface area contributed by atoms with E-state index in [1.807, 2.05) is 0 Å². The largest absolute Gasteiger partial charge is 0.459 e. The van der Waals surface area contributed by atoms with Crippen LogP contribution in [0.3, 0.4) is 0 Å². The van der Waals surface area contributed by atoms with Crippen molar-refractivity contribution in [2.24, 2.45) is 58.7 Å². The second-order valence-electron chi connectivity index (χ2n) is 11.3. The molecule has 6 rings (SSSR count). The molecule has 2 nitrogen and oxygen atoms in total. The molecule has 5 saturated carbocycles. The van der Waals surface area contributed by atoms with Gasteiger partial charge in [-0.2, -0.15) is 0 Å². The van der Waals surface area contributed by atoms with Crippen molar-refractivity contribution in [3.8, 4) is 0 Å². The molecule has 6 bridgehead atoms. The topological polar surface area (TPSA) is 26.3 Å². The van der Waals surface area contributed by atoms with Gasteiger partial charge in [-0.25, -0.2) is 0 Å². The van der Waals surface area contributed by atoms with Gasteiger partial charge in [0.25, 0.3) is 0 Å². The number of carbonyl (C=O) groups is 1. The van der Waals surface area contributed by atoms with Gasteiger partial charge in [-0.15, -0.1) is 0 Å². The van der Waals surface area contributed by atoms with Gasteiger partial charge in [0.1, 0.15) is 5.60 Å². The van der Waals surface area contributed by atoms with Gasteiger partial charge >= 0.3 is 5.97 Å². The van der Waals surface area contributed by atoms with Crippen molar-refractivity contribution in [2.75, 3.05) is 0 Å². The van der Waals surface area contributed by atoms with Gasteiger partial charge in [0.2, 0.25) is 0 Å². The second-order valence-corrected chi connectivity index (χ2v) is 11.3. The zero-order valence-electron chi connectivity index (χ0n) is 16.6. The Morgan fingerprint density at radius 1 is 1.08 bits per heavy atom. The smallest absolute Gasteiger partial charge is 0.309 e. The number of fused-ring (bicyclic) bond motifs is 11. The van der Waals surface area contributed by atoms with Gasteiger partial charge in [-0.05, 0) is 91.8 Å². The predicted octanol–water partition coefficient (Wildman–Crippen LogP) is 5.23. The molecule has 2 heteroatoms. The van der Waals surface area contributed by atoms with Crippen molar-refractivity contribution < 1.29 is 9.53 Å². The van der Waals surface area contributed by atoms with Gasteiger partial charge in [-0.3, -0.25) is 4.79 Å². The lowest BCUT2D eigenvalue weighted by Gasteiger charge is -2.41. The SMILES string of the molecule is CCC1(OC(=O)C2CC3CC2C2C4C=CC(C4)C32)CC2CCC1C2(C)C. The van der Waals surface area contributed by atoms with Crippen LogP contribution in [-0.4, -0.2) is 11.6 Å². The van der Waals surface area contributed by atoms with Crippen molar-refractivity contribution in [1.82, 2.24) is 0 Å². The maximum Gasteiger partial charge on any atom is 0.309 e. The molecule has 10 unspecified atom stereocenters. The molecular formula is C24H34O2. The molecule has 5 fully saturated rings. The summed E-state index contributed by atoms with van der Waals surface area (Å²) in [5.74, 6) is 6.46. The molecule has 26 heavy (non-hydrogen) atoms. The van der Waals surface area contributed by atoms with E-state index in [1.54, 1.807) is 0 Å². The third kappa shape index (κ3) is 1.78. The molecule has 0 amide bonds. The van der Waals surface area contributed by atoms with Crippen LogP contribution in [0, 0.1) is 58.7 Å². The van der Waals surface area contributed by atoms with Crippen molar-refractivity contribution in [3.05, 3.63) is 12.2 Å². The zero-order valence-corrected chi connectivity index (χ0v) is 16.6. The van der Waals surface area contributed by atoms with Gasteiger partial charge < -0.3 is 4.74 Å². The average Bonchev–Trinajstić information content (AvgIpc) is 3.42.